The molecule has 0 spiro atoms. The summed E-state index contributed by atoms with van der Waals surface area (Å²) in [7, 11) is 1.86. The van der Waals surface area contributed by atoms with Gasteiger partial charge in [-0.3, -0.25) is 11.3 Å². The highest BCUT2D eigenvalue weighted by Crippen LogP contribution is 2.46. The highest BCUT2D eigenvalue weighted by Gasteiger charge is 2.45. The van der Waals surface area contributed by atoms with Crippen LogP contribution >= 0.6 is 0 Å². The van der Waals surface area contributed by atoms with Crippen LogP contribution in [0.3, 0.4) is 0 Å². The number of hydrazine groups is 1. The predicted molar refractivity (Wildman–Crippen MR) is 70.4 cm³/mol. The van der Waals surface area contributed by atoms with Crippen LogP contribution in [-0.2, 0) is 4.74 Å². The van der Waals surface area contributed by atoms with E-state index in [1.807, 2.05) is 7.11 Å². The van der Waals surface area contributed by atoms with Crippen molar-refractivity contribution in [1.29, 1.82) is 0 Å². The number of methoxy groups -OCH3 is 1. The van der Waals surface area contributed by atoms with Gasteiger partial charge >= 0.3 is 0 Å². The van der Waals surface area contributed by atoms with E-state index >= 15 is 0 Å². The number of hydrogen-bond donors (Lipinski definition) is 2. The van der Waals surface area contributed by atoms with Crippen molar-refractivity contribution in [1.82, 2.24) is 5.43 Å². The molecule has 2 aliphatic rings. The van der Waals surface area contributed by atoms with E-state index in [1.54, 1.807) is 0 Å². The second-order valence-electron chi connectivity index (χ2n) is 6.83. The summed E-state index contributed by atoms with van der Waals surface area (Å²) in [6.07, 6.45) is 8.70. The summed E-state index contributed by atoms with van der Waals surface area (Å²) < 4.78 is 5.91. The van der Waals surface area contributed by atoms with Gasteiger partial charge in [0.15, 0.2) is 0 Å². The van der Waals surface area contributed by atoms with E-state index in [0.29, 0.717) is 11.5 Å². The van der Waals surface area contributed by atoms with Gasteiger partial charge in [-0.25, -0.2) is 0 Å². The molecule has 1 atom stereocenters. The molecule has 3 nitrogen and oxygen atoms in total. The lowest BCUT2D eigenvalue weighted by atomic mass is 9.68. The quantitative estimate of drug-likeness (QED) is 0.573. The highest BCUT2D eigenvalue weighted by atomic mass is 16.5. The van der Waals surface area contributed by atoms with E-state index in [4.69, 9.17) is 10.6 Å². The molecule has 0 aliphatic heterocycles. The first-order valence-electron chi connectivity index (χ1n) is 7.03. The van der Waals surface area contributed by atoms with E-state index in [0.717, 1.165) is 18.8 Å². The second-order valence-corrected chi connectivity index (χ2v) is 6.83. The van der Waals surface area contributed by atoms with Crippen LogP contribution in [0.15, 0.2) is 0 Å². The van der Waals surface area contributed by atoms with E-state index in [1.165, 1.54) is 32.1 Å². The summed E-state index contributed by atoms with van der Waals surface area (Å²) >= 11 is 0. The second kappa shape index (κ2) is 4.87. The molecule has 17 heavy (non-hydrogen) atoms. The van der Waals surface area contributed by atoms with Crippen molar-refractivity contribution in [2.45, 2.75) is 70.4 Å². The Bertz CT molecular complexity index is 251. The van der Waals surface area contributed by atoms with Gasteiger partial charge < -0.3 is 4.74 Å². The van der Waals surface area contributed by atoms with Crippen LogP contribution in [0, 0.1) is 11.3 Å². The minimum absolute atomic E-state index is 0.0210. The minimum Gasteiger partial charge on any atom is -0.377 e. The molecule has 0 aromatic carbocycles. The third kappa shape index (κ3) is 3.01. The summed E-state index contributed by atoms with van der Waals surface area (Å²) in [5, 5.41) is 0. The predicted octanol–water partition coefficient (Wildman–Crippen LogP) is 2.60. The van der Waals surface area contributed by atoms with Crippen LogP contribution in [0.25, 0.3) is 0 Å². The Labute approximate surface area is 105 Å². The van der Waals surface area contributed by atoms with Crippen LogP contribution in [0.5, 0.6) is 0 Å². The molecule has 0 radical (unpaired) electrons. The summed E-state index contributed by atoms with van der Waals surface area (Å²) in [4.78, 5) is 0. The zero-order valence-corrected chi connectivity index (χ0v) is 11.6. The Balaban J connectivity index is 2.01. The molecular formula is C14H28N2O. The monoisotopic (exact) mass is 240 g/mol. The SMILES string of the molecule is COC1(C(CC2CC2)NN)CCC(C)(C)CC1. The van der Waals surface area contributed by atoms with Crippen LogP contribution in [0.4, 0.5) is 0 Å². The molecule has 1 unspecified atom stereocenters. The van der Waals surface area contributed by atoms with Gasteiger partial charge in [-0.05, 0) is 43.4 Å². The van der Waals surface area contributed by atoms with E-state index in [-0.39, 0.29) is 5.60 Å². The van der Waals surface area contributed by atoms with Crippen molar-refractivity contribution < 1.29 is 4.74 Å². The fourth-order valence-corrected chi connectivity index (χ4v) is 3.17. The normalized spacial score (nSPS) is 28.9. The molecule has 100 valence electrons. The van der Waals surface area contributed by atoms with Gasteiger partial charge in [0.1, 0.15) is 0 Å². The molecule has 0 aromatic rings. The Hall–Kier alpha value is -0.120. The third-order valence-electron chi connectivity index (χ3n) is 4.96. The third-order valence-corrected chi connectivity index (χ3v) is 4.96. The van der Waals surface area contributed by atoms with E-state index in [9.17, 15) is 0 Å². The van der Waals surface area contributed by atoms with Crippen molar-refractivity contribution in [2.75, 3.05) is 7.11 Å². The average molecular weight is 240 g/mol. The molecule has 2 aliphatic carbocycles. The van der Waals surface area contributed by atoms with Crippen molar-refractivity contribution in [3.63, 3.8) is 0 Å². The zero-order valence-electron chi connectivity index (χ0n) is 11.6. The topological polar surface area (TPSA) is 47.3 Å². The molecular weight excluding hydrogens is 212 g/mol. The Morgan fingerprint density at radius 1 is 1.24 bits per heavy atom. The average Bonchev–Trinajstić information content (AvgIpc) is 3.11. The minimum atomic E-state index is -0.0210. The number of nitrogens with two attached hydrogens (primary N) is 1. The standard InChI is InChI=1S/C14H28N2O/c1-13(2)6-8-14(17-3,9-7-13)12(16-15)10-11-4-5-11/h11-12,16H,4-10,15H2,1-3H3. The van der Waals surface area contributed by atoms with Gasteiger partial charge in [-0.15, -0.1) is 0 Å². The number of hydrogen-bond acceptors (Lipinski definition) is 3. The molecule has 0 aromatic heterocycles. The maximum Gasteiger partial charge on any atom is 0.0844 e. The van der Waals surface area contributed by atoms with Crippen molar-refractivity contribution in [3.8, 4) is 0 Å². The summed E-state index contributed by atoms with van der Waals surface area (Å²) in [6.45, 7) is 4.72. The maximum atomic E-state index is 5.91. The largest absolute Gasteiger partial charge is 0.377 e. The first-order valence-corrected chi connectivity index (χ1v) is 7.03. The summed E-state index contributed by atoms with van der Waals surface area (Å²) in [6, 6.07) is 0.330. The van der Waals surface area contributed by atoms with Gasteiger partial charge in [0.2, 0.25) is 0 Å². The molecule has 0 amide bonds. The molecule has 0 heterocycles. The Morgan fingerprint density at radius 2 is 1.82 bits per heavy atom. The first-order chi connectivity index (χ1) is 8.01. The molecule has 2 saturated carbocycles. The molecule has 0 saturated heterocycles. The van der Waals surface area contributed by atoms with Crippen molar-refractivity contribution in [3.05, 3.63) is 0 Å². The molecule has 3 N–H and O–H groups in total. The van der Waals surface area contributed by atoms with Crippen LogP contribution in [-0.4, -0.2) is 18.8 Å². The van der Waals surface area contributed by atoms with Gasteiger partial charge in [-0.1, -0.05) is 26.7 Å². The lowest BCUT2D eigenvalue weighted by molar-refractivity contribution is -0.0889. The smallest absolute Gasteiger partial charge is 0.0844 e. The van der Waals surface area contributed by atoms with Crippen LogP contribution in [0.1, 0.15) is 58.8 Å². The summed E-state index contributed by atoms with van der Waals surface area (Å²) in [5.41, 5.74) is 3.49. The number of ether oxygens (including phenoxy) is 1. The fourth-order valence-electron chi connectivity index (χ4n) is 3.17. The Morgan fingerprint density at radius 3 is 2.24 bits per heavy atom. The molecule has 2 fully saturated rings. The molecule has 3 heteroatoms. The van der Waals surface area contributed by atoms with Gasteiger partial charge in [0.25, 0.3) is 0 Å². The fraction of sp³-hybridized carbons (Fsp3) is 1.00. The maximum absolute atomic E-state index is 5.91. The number of nitrogens with one attached hydrogen (secondary N) is 1. The van der Waals surface area contributed by atoms with Gasteiger partial charge in [0, 0.05) is 7.11 Å². The van der Waals surface area contributed by atoms with Crippen LogP contribution in [0.2, 0.25) is 0 Å². The Kier molecular flexibility index (Phi) is 3.81. The molecule has 0 bridgehead atoms. The highest BCUT2D eigenvalue weighted by molar-refractivity contribution is 4.99. The lowest BCUT2D eigenvalue weighted by Gasteiger charge is -2.47. The zero-order chi connectivity index (χ0) is 12.5. The first kappa shape index (κ1) is 13.3. The van der Waals surface area contributed by atoms with Gasteiger partial charge in [-0.2, -0.15) is 0 Å². The van der Waals surface area contributed by atoms with E-state index < -0.39 is 0 Å². The summed E-state index contributed by atoms with van der Waals surface area (Å²) in [5.74, 6) is 6.67. The van der Waals surface area contributed by atoms with Crippen molar-refractivity contribution in [2.24, 2.45) is 17.2 Å². The van der Waals surface area contributed by atoms with Crippen molar-refractivity contribution >= 4 is 0 Å². The van der Waals surface area contributed by atoms with Gasteiger partial charge in [0.05, 0.1) is 11.6 Å². The van der Waals surface area contributed by atoms with E-state index in [2.05, 4.69) is 19.3 Å². The lowest BCUT2D eigenvalue weighted by Crippen LogP contribution is -2.56. The number of rotatable bonds is 5. The molecule has 2 rings (SSSR count). The van der Waals surface area contributed by atoms with Crippen LogP contribution < -0.4 is 11.3 Å².